The molecule has 2 heterocycles. The van der Waals surface area contributed by atoms with Crippen molar-refractivity contribution in [2.45, 2.75) is 29.6 Å². The van der Waals surface area contributed by atoms with Crippen molar-refractivity contribution in [3.8, 4) is 5.69 Å². The number of thioether (sulfide) groups is 1. The normalized spacial score (nSPS) is 22.1. The number of imidazole rings is 1. The predicted molar refractivity (Wildman–Crippen MR) is 117 cm³/mol. The summed E-state index contributed by atoms with van der Waals surface area (Å²) in [4.78, 5) is 10.5. The number of benzene rings is 2. The van der Waals surface area contributed by atoms with Gasteiger partial charge in [0.1, 0.15) is 12.9 Å². The third-order valence-corrected chi connectivity index (χ3v) is 6.58. The van der Waals surface area contributed by atoms with Gasteiger partial charge in [-0.25, -0.2) is 4.98 Å². The van der Waals surface area contributed by atoms with Crippen molar-refractivity contribution in [1.82, 2.24) is 9.55 Å². The van der Waals surface area contributed by atoms with Gasteiger partial charge in [-0.15, -0.1) is 11.8 Å². The first kappa shape index (κ1) is 19.7. The Bertz CT molecular complexity index is 940. The molecule has 0 saturated carbocycles. The molecule has 1 aliphatic heterocycles. The number of oxime groups is 1. The largest absolute Gasteiger partial charge is 0.399 e. The monoisotopic (exact) mass is 407 g/mol. The molecular formula is C23H25N3O2S. The van der Waals surface area contributed by atoms with Crippen LogP contribution in [-0.4, -0.2) is 34.7 Å². The van der Waals surface area contributed by atoms with Gasteiger partial charge in [0.25, 0.3) is 0 Å². The number of ether oxygens (including phenoxy) is 1. The van der Waals surface area contributed by atoms with Crippen LogP contribution in [0.1, 0.15) is 23.9 Å². The van der Waals surface area contributed by atoms with Crippen molar-refractivity contribution in [2.24, 2.45) is 11.1 Å². The number of hydrogen-bond acceptors (Lipinski definition) is 5. The van der Waals surface area contributed by atoms with Crippen LogP contribution in [0.5, 0.6) is 0 Å². The van der Waals surface area contributed by atoms with Crippen molar-refractivity contribution in [1.29, 1.82) is 0 Å². The Labute approximate surface area is 175 Å². The van der Waals surface area contributed by atoms with Gasteiger partial charge in [-0.3, -0.25) is 0 Å². The molecule has 5 nitrogen and oxygen atoms in total. The molecule has 29 heavy (non-hydrogen) atoms. The topological polar surface area (TPSA) is 48.6 Å². The Hall–Kier alpha value is -2.57. The third-order valence-electron chi connectivity index (χ3n) is 5.17. The molecule has 6 heteroatoms. The second kappa shape index (κ2) is 9.29. The van der Waals surface area contributed by atoms with Crippen LogP contribution in [0.15, 0.2) is 77.0 Å². The number of aromatic nitrogens is 2. The van der Waals surface area contributed by atoms with Crippen LogP contribution in [0.3, 0.4) is 0 Å². The molecule has 4 rings (SSSR count). The lowest BCUT2D eigenvalue weighted by Gasteiger charge is -2.36. The first-order valence-corrected chi connectivity index (χ1v) is 10.6. The van der Waals surface area contributed by atoms with Gasteiger partial charge in [-0.2, -0.15) is 0 Å². The van der Waals surface area contributed by atoms with Crippen LogP contribution in [-0.2, 0) is 9.57 Å². The van der Waals surface area contributed by atoms with Gasteiger partial charge in [0.15, 0.2) is 0 Å². The summed E-state index contributed by atoms with van der Waals surface area (Å²) in [5.41, 5.74) is 2.31. The molecular weight excluding hydrogens is 382 g/mol. The molecule has 0 aliphatic carbocycles. The van der Waals surface area contributed by atoms with E-state index in [1.54, 1.807) is 7.11 Å². The Kier molecular flexibility index (Phi) is 6.32. The maximum atomic E-state index is 6.22. The molecule has 3 unspecified atom stereocenters. The quantitative estimate of drug-likeness (QED) is 0.424. The van der Waals surface area contributed by atoms with E-state index in [1.807, 2.05) is 43.4 Å². The molecule has 0 radical (unpaired) electrons. The Morgan fingerprint density at radius 2 is 1.97 bits per heavy atom. The van der Waals surface area contributed by atoms with Crippen molar-refractivity contribution >= 4 is 18.0 Å². The summed E-state index contributed by atoms with van der Waals surface area (Å²) in [5, 5.41) is 4.28. The van der Waals surface area contributed by atoms with Crippen LogP contribution >= 0.6 is 11.8 Å². The van der Waals surface area contributed by atoms with E-state index in [4.69, 9.17) is 9.57 Å². The lowest BCUT2D eigenvalue weighted by atomic mass is 9.92. The second-order valence-electron chi connectivity index (χ2n) is 7.01. The zero-order valence-electron chi connectivity index (χ0n) is 16.6. The van der Waals surface area contributed by atoms with E-state index in [9.17, 15) is 0 Å². The fraction of sp³-hybridized carbons (Fsp3) is 0.304. The SMILES string of the molecule is CON=CC1CCOC(c2ccccc2)C1Sc1ccc(-n2ccnc2C)cc1. The van der Waals surface area contributed by atoms with E-state index in [2.05, 4.69) is 63.2 Å². The molecule has 0 N–H and O–H groups in total. The Morgan fingerprint density at radius 1 is 1.17 bits per heavy atom. The van der Waals surface area contributed by atoms with Crippen molar-refractivity contribution in [2.75, 3.05) is 13.7 Å². The van der Waals surface area contributed by atoms with Crippen LogP contribution in [0, 0.1) is 12.8 Å². The van der Waals surface area contributed by atoms with Crippen molar-refractivity contribution < 1.29 is 9.57 Å². The molecule has 0 amide bonds. The summed E-state index contributed by atoms with van der Waals surface area (Å²) in [6, 6.07) is 19.0. The second-order valence-corrected chi connectivity index (χ2v) is 8.26. The van der Waals surface area contributed by atoms with Crippen molar-refractivity contribution in [3.05, 3.63) is 78.4 Å². The first-order valence-electron chi connectivity index (χ1n) is 9.76. The lowest BCUT2D eigenvalue weighted by Crippen LogP contribution is -2.34. The van der Waals surface area contributed by atoms with Gasteiger partial charge in [0, 0.05) is 47.0 Å². The van der Waals surface area contributed by atoms with E-state index in [0.29, 0.717) is 0 Å². The van der Waals surface area contributed by atoms with E-state index in [-0.39, 0.29) is 17.3 Å². The lowest BCUT2D eigenvalue weighted by molar-refractivity contribution is 0.00883. The zero-order valence-corrected chi connectivity index (χ0v) is 17.5. The molecule has 1 aliphatic rings. The minimum atomic E-state index is 0.0128. The molecule has 150 valence electrons. The summed E-state index contributed by atoms with van der Waals surface area (Å²) < 4.78 is 8.30. The van der Waals surface area contributed by atoms with E-state index in [0.717, 1.165) is 24.5 Å². The molecule has 1 saturated heterocycles. The number of aryl methyl sites for hydroxylation is 1. The fourth-order valence-corrected chi connectivity index (χ4v) is 5.03. The van der Waals surface area contributed by atoms with Crippen LogP contribution < -0.4 is 0 Å². The van der Waals surface area contributed by atoms with Gasteiger partial charge in [-0.1, -0.05) is 35.5 Å². The van der Waals surface area contributed by atoms with Gasteiger partial charge in [0.2, 0.25) is 0 Å². The van der Waals surface area contributed by atoms with Gasteiger partial charge >= 0.3 is 0 Å². The van der Waals surface area contributed by atoms with Gasteiger partial charge in [-0.05, 0) is 43.2 Å². The Morgan fingerprint density at radius 3 is 2.66 bits per heavy atom. The minimum Gasteiger partial charge on any atom is -0.399 e. The fourth-order valence-electron chi connectivity index (χ4n) is 3.68. The van der Waals surface area contributed by atoms with Crippen LogP contribution in [0.25, 0.3) is 5.69 Å². The third kappa shape index (κ3) is 4.54. The zero-order chi connectivity index (χ0) is 20.1. The summed E-state index contributed by atoms with van der Waals surface area (Å²) in [5.74, 6) is 1.25. The summed E-state index contributed by atoms with van der Waals surface area (Å²) in [6.07, 6.45) is 6.68. The van der Waals surface area contributed by atoms with E-state index >= 15 is 0 Å². The maximum absolute atomic E-state index is 6.22. The van der Waals surface area contributed by atoms with Crippen molar-refractivity contribution in [3.63, 3.8) is 0 Å². The smallest absolute Gasteiger partial charge is 0.110 e. The molecule has 2 aromatic carbocycles. The number of nitrogens with zero attached hydrogens (tertiary/aromatic N) is 3. The summed E-state index contributed by atoms with van der Waals surface area (Å²) in [7, 11) is 1.59. The molecule has 1 aromatic heterocycles. The van der Waals surface area contributed by atoms with Crippen LogP contribution in [0.4, 0.5) is 0 Å². The highest BCUT2D eigenvalue weighted by Crippen LogP contribution is 2.42. The Balaban J connectivity index is 1.59. The van der Waals surface area contributed by atoms with Crippen LogP contribution in [0.2, 0.25) is 0 Å². The van der Waals surface area contributed by atoms with E-state index in [1.165, 1.54) is 10.5 Å². The maximum Gasteiger partial charge on any atom is 0.110 e. The summed E-state index contributed by atoms with van der Waals surface area (Å²) in [6.45, 7) is 2.72. The first-order chi connectivity index (χ1) is 14.3. The molecule has 0 spiro atoms. The van der Waals surface area contributed by atoms with E-state index < -0.39 is 0 Å². The van der Waals surface area contributed by atoms with Gasteiger partial charge < -0.3 is 14.1 Å². The highest BCUT2D eigenvalue weighted by molar-refractivity contribution is 8.00. The average Bonchev–Trinajstić information content (AvgIpc) is 3.20. The van der Waals surface area contributed by atoms with Gasteiger partial charge in [0.05, 0.1) is 6.10 Å². The molecule has 1 fully saturated rings. The highest BCUT2D eigenvalue weighted by Gasteiger charge is 2.35. The molecule has 3 aromatic rings. The standard InChI is InChI=1S/C23H25N3O2S/c1-17-24-13-14-26(17)20-8-10-21(11-9-20)29-23-19(16-25-27-2)12-15-28-22(23)18-6-4-3-5-7-18/h3-11,13-14,16,19,22-23H,12,15H2,1-2H3. The average molecular weight is 408 g/mol. The minimum absolute atomic E-state index is 0.0128. The number of hydrogen-bond donors (Lipinski definition) is 0. The number of rotatable bonds is 6. The molecule has 0 bridgehead atoms. The molecule has 3 atom stereocenters. The highest BCUT2D eigenvalue weighted by atomic mass is 32.2. The summed E-state index contributed by atoms with van der Waals surface area (Å²) >= 11 is 1.84. The predicted octanol–water partition coefficient (Wildman–Crippen LogP) is 5.05.